The zero-order valence-corrected chi connectivity index (χ0v) is 8.71. The van der Waals surface area contributed by atoms with Crippen molar-refractivity contribution in [2.75, 3.05) is 5.32 Å². The molecule has 6 heteroatoms. The Labute approximate surface area is 91.1 Å². The van der Waals surface area contributed by atoms with Crippen LogP contribution in [0.1, 0.15) is 12.0 Å². The van der Waals surface area contributed by atoms with Gasteiger partial charge in [0.15, 0.2) is 0 Å². The van der Waals surface area contributed by atoms with Crippen LogP contribution in [0.25, 0.3) is 0 Å². The van der Waals surface area contributed by atoms with Crippen molar-refractivity contribution in [2.45, 2.75) is 13.3 Å². The van der Waals surface area contributed by atoms with Crippen LogP contribution >= 0.6 is 11.6 Å². The molecule has 0 fully saturated rings. The molecule has 1 aromatic heterocycles. The third-order valence-electron chi connectivity index (χ3n) is 1.74. The van der Waals surface area contributed by atoms with Gasteiger partial charge in [0, 0.05) is 6.20 Å². The van der Waals surface area contributed by atoms with E-state index < -0.39 is 18.3 Å². The number of nitrogens with one attached hydrogen (secondary N) is 1. The van der Waals surface area contributed by atoms with Crippen LogP contribution < -0.4 is 5.32 Å². The molecule has 0 bridgehead atoms. The molecule has 1 rings (SSSR count). The predicted octanol–water partition coefficient (Wildman–Crippen LogP) is 1.46. The van der Waals surface area contributed by atoms with E-state index in [1.165, 1.54) is 12.4 Å². The highest BCUT2D eigenvalue weighted by molar-refractivity contribution is 6.31. The van der Waals surface area contributed by atoms with Gasteiger partial charge in [0.2, 0.25) is 5.91 Å². The molecule has 1 amide bonds. The topological polar surface area (TPSA) is 79.3 Å². The second-order valence-corrected chi connectivity index (χ2v) is 3.32. The molecule has 1 aromatic rings. The fourth-order valence-electron chi connectivity index (χ4n) is 0.957. The Hall–Kier alpha value is -1.62. The molecule has 0 aliphatic rings. The first-order chi connectivity index (χ1) is 7.00. The van der Waals surface area contributed by atoms with Crippen LogP contribution in [0, 0.1) is 6.92 Å². The van der Waals surface area contributed by atoms with Gasteiger partial charge in [-0.1, -0.05) is 11.6 Å². The number of carboxylic acid groups (broad SMARTS) is 1. The molecule has 2 N–H and O–H groups in total. The molecule has 0 saturated heterocycles. The van der Waals surface area contributed by atoms with Crippen LogP contribution in [0.4, 0.5) is 5.69 Å². The number of nitrogens with zero attached hydrogens (tertiary/aromatic N) is 1. The van der Waals surface area contributed by atoms with Gasteiger partial charge in [-0.15, -0.1) is 0 Å². The maximum atomic E-state index is 11.1. The van der Waals surface area contributed by atoms with Crippen molar-refractivity contribution in [1.29, 1.82) is 0 Å². The van der Waals surface area contributed by atoms with Crippen LogP contribution in [0.2, 0.25) is 5.02 Å². The summed E-state index contributed by atoms with van der Waals surface area (Å²) >= 11 is 5.77. The third-order valence-corrected chi connectivity index (χ3v) is 2.12. The molecule has 0 spiro atoms. The fraction of sp³-hybridized carbons (Fsp3) is 0.222. The molecule has 0 aliphatic heterocycles. The van der Waals surface area contributed by atoms with E-state index >= 15 is 0 Å². The Morgan fingerprint density at radius 3 is 2.80 bits per heavy atom. The molecule has 15 heavy (non-hydrogen) atoms. The normalized spacial score (nSPS) is 9.73. The van der Waals surface area contributed by atoms with E-state index in [4.69, 9.17) is 16.7 Å². The number of carbonyl (C=O) groups excluding carboxylic acids is 1. The molecule has 80 valence electrons. The first-order valence-corrected chi connectivity index (χ1v) is 4.50. The van der Waals surface area contributed by atoms with E-state index in [0.29, 0.717) is 16.3 Å². The van der Waals surface area contributed by atoms with Crippen LogP contribution in [0.3, 0.4) is 0 Å². The molecule has 0 aromatic carbocycles. The Bertz CT molecular complexity index is 406. The molecular weight excluding hydrogens is 220 g/mol. The van der Waals surface area contributed by atoms with Gasteiger partial charge in [-0.25, -0.2) is 0 Å². The van der Waals surface area contributed by atoms with Crippen LogP contribution in [0.5, 0.6) is 0 Å². The Balaban J connectivity index is 2.77. The number of carbonyl (C=O) groups is 2. The van der Waals surface area contributed by atoms with Gasteiger partial charge in [0.1, 0.15) is 6.42 Å². The second kappa shape index (κ2) is 4.75. The van der Waals surface area contributed by atoms with Crippen molar-refractivity contribution >= 4 is 29.2 Å². The number of pyridine rings is 1. The van der Waals surface area contributed by atoms with Crippen molar-refractivity contribution in [3.05, 3.63) is 23.0 Å². The number of hydrogen-bond acceptors (Lipinski definition) is 3. The van der Waals surface area contributed by atoms with E-state index in [1.807, 2.05) is 0 Å². The number of aliphatic carboxylic acids is 1. The summed E-state index contributed by atoms with van der Waals surface area (Å²) in [6.45, 7) is 1.71. The minimum Gasteiger partial charge on any atom is -0.481 e. The fourth-order valence-corrected chi connectivity index (χ4v) is 1.12. The van der Waals surface area contributed by atoms with Gasteiger partial charge in [0.05, 0.1) is 16.9 Å². The van der Waals surface area contributed by atoms with E-state index in [9.17, 15) is 9.59 Å². The molecule has 0 radical (unpaired) electrons. The highest BCUT2D eigenvalue weighted by Gasteiger charge is 2.10. The van der Waals surface area contributed by atoms with Crippen molar-refractivity contribution in [3.63, 3.8) is 0 Å². The number of rotatable bonds is 3. The number of aromatic nitrogens is 1. The molecule has 0 saturated carbocycles. The van der Waals surface area contributed by atoms with Gasteiger partial charge >= 0.3 is 5.97 Å². The zero-order valence-electron chi connectivity index (χ0n) is 7.95. The number of anilines is 1. The summed E-state index contributed by atoms with van der Waals surface area (Å²) in [4.78, 5) is 25.2. The summed E-state index contributed by atoms with van der Waals surface area (Å²) in [6.07, 6.45) is 2.29. The van der Waals surface area contributed by atoms with E-state index in [-0.39, 0.29) is 0 Å². The van der Waals surface area contributed by atoms with Gasteiger partial charge in [-0.05, 0) is 12.5 Å². The first kappa shape index (κ1) is 11.5. The molecule has 0 unspecified atom stereocenters. The molecule has 5 nitrogen and oxygen atoms in total. The highest BCUT2D eigenvalue weighted by Crippen LogP contribution is 2.21. The summed E-state index contributed by atoms with van der Waals surface area (Å²) in [5, 5.41) is 11.2. The lowest BCUT2D eigenvalue weighted by Gasteiger charge is -2.07. The maximum Gasteiger partial charge on any atom is 0.312 e. The molecular formula is C9H9ClN2O3. The average molecular weight is 229 g/mol. The van der Waals surface area contributed by atoms with Crippen molar-refractivity contribution in [1.82, 2.24) is 4.98 Å². The monoisotopic (exact) mass is 228 g/mol. The quantitative estimate of drug-likeness (QED) is 0.768. The lowest BCUT2D eigenvalue weighted by Crippen LogP contribution is -2.16. The summed E-state index contributed by atoms with van der Waals surface area (Å²) < 4.78 is 0. The Morgan fingerprint density at radius 1 is 1.53 bits per heavy atom. The summed E-state index contributed by atoms with van der Waals surface area (Å²) in [5.41, 5.74) is 1.08. The van der Waals surface area contributed by atoms with Crippen molar-refractivity contribution < 1.29 is 14.7 Å². The largest absolute Gasteiger partial charge is 0.481 e. The maximum absolute atomic E-state index is 11.1. The summed E-state index contributed by atoms with van der Waals surface area (Å²) in [6, 6.07) is 0. The number of hydrogen-bond donors (Lipinski definition) is 2. The first-order valence-electron chi connectivity index (χ1n) is 4.12. The van der Waals surface area contributed by atoms with Gasteiger partial charge in [0.25, 0.3) is 0 Å². The van der Waals surface area contributed by atoms with E-state index in [1.54, 1.807) is 6.92 Å². The van der Waals surface area contributed by atoms with E-state index in [0.717, 1.165) is 0 Å². The van der Waals surface area contributed by atoms with E-state index in [2.05, 4.69) is 10.3 Å². The Kier molecular flexibility index (Phi) is 3.62. The highest BCUT2D eigenvalue weighted by atomic mass is 35.5. The van der Waals surface area contributed by atoms with Gasteiger partial charge in [-0.2, -0.15) is 0 Å². The third kappa shape index (κ3) is 3.21. The Morgan fingerprint density at radius 2 is 2.20 bits per heavy atom. The molecule has 1 heterocycles. The van der Waals surface area contributed by atoms with Gasteiger partial charge < -0.3 is 10.4 Å². The SMILES string of the molecule is Cc1c(Cl)cncc1NC(=O)CC(=O)O. The van der Waals surface area contributed by atoms with Gasteiger partial charge in [-0.3, -0.25) is 14.6 Å². The van der Waals surface area contributed by atoms with Crippen molar-refractivity contribution in [2.24, 2.45) is 0 Å². The number of amides is 1. The van der Waals surface area contributed by atoms with Crippen LogP contribution in [-0.4, -0.2) is 22.0 Å². The average Bonchev–Trinajstić information content (AvgIpc) is 2.11. The standard InChI is InChI=1S/C9H9ClN2O3/c1-5-6(10)3-11-4-7(5)12-8(13)2-9(14)15/h3-4H,2H2,1H3,(H,12,13)(H,14,15). The second-order valence-electron chi connectivity index (χ2n) is 2.91. The molecule has 0 aliphatic carbocycles. The van der Waals surface area contributed by atoms with Crippen LogP contribution in [-0.2, 0) is 9.59 Å². The smallest absolute Gasteiger partial charge is 0.312 e. The van der Waals surface area contributed by atoms with Crippen LogP contribution in [0.15, 0.2) is 12.4 Å². The number of halogens is 1. The lowest BCUT2D eigenvalue weighted by molar-refractivity contribution is -0.139. The summed E-state index contributed by atoms with van der Waals surface area (Å²) in [5.74, 6) is -1.78. The minimum absolute atomic E-state index is 0.420. The lowest BCUT2D eigenvalue weighted by atomic mass is 10.2. The zero-order chi connectivity index (χ0) is 11.4. The summed E-state index contributed by atoms with van der Waals surface area (Å²) in [7, 11) is 0. The predicted molar refractivity (Wildman–Crippen MR) is 54.9 cm³/mol. The molecule has 0 atom stereocenters. The van der Waals surface area contributed by atoms with Crippen molar-refractivity contribution in [3.8, 4) is 0 Å². The minimum atomic E-state index is -1.18. The number of carboxylic acids is 1.